The van der Waals surface area contributed by atoms with Crippen molar-refractivity contribution in [2.45, 2.75) is 25.7 Å². The lowest BCUT2D eigenvalue weighted by Crippen LogP contribution is -2.52. The highest BCUT2D eigenvalue weighted by Crippen LogP contribution is 2.34. The predicted octanol–water partition coefficient (Wildman–Crippen LogP) is 2.20. The average Bonchev–Trinajstić information content (AvgIpc) is 3.14. The number of anilines is 2. The molecule has 0 N–H and O–H groups in total. The van der Waals surface area contributed by atoms with Crippen molar-refractivity contribution in [1.82, 2.24) is 29.5 Å². The molecule has 13 nitrogen and oxygen atoms in total. The van der Waals surface area contributed by atoms with Crippen molar-refractivity contribution in [2.75, 3.05) is 124 Å². The lowest BCUT2D eigenvalue weighted by molar-refractivity contribution is -0.134. The van der Waals surface area contributed by atoms with Crippen LogP contribution in [-0.4, -0.2) is 166 Å². The Labute approximate surface area is 290 Å². The Morgan fingerprint density at radius 2 is 1.37 bits per heavy atom. The first-order valence-corrected chi connectivity index (χ1v) is 17.7. The molecule has 2 fully saturated rings. The number of pyridine rings is 1. The van der Waals surface area contributed by atoms with Gasteiger partial charge in [-0.3, -0.25) is 29.2 Å². The number of hydrogen-bond donors (Lipinski definition) is 0. The second-order valence-electron chi connectivity index (χ2n) is 12.9. The summed E-state index contributed by atoms with van der Waals surface area (Å²) in [6.07, 6.45) is 6.73. The third kappa shape index (κ3) is 10.4. The minimum atomic E-state index is -0.237. The number of benzene rings is 1. The summed E-state index contributed by atoms with van der Waals surface area (Å²) in [6, 6.07) is 9.51. The van der Waals surface area contributed by atoms with Crippen molar-refractivity contribution in [1.29, 1.82) is 0 Å². The maximum Gasteiger partial charge on any atom is 0.255 e. The molecule has 1 aromatic carbocycles. The fourth-order valence-corrected chi connectivity index (χ4v) is 6.57. The zero-order valence-electron chi connectivity index (χ0n) is 29.3. The van der Waals surface area contributed by atoms with E-state index in [4.69, 9.17) is 14.2 Å². The van der Waals surface area contributed by atoms with E-state index < -0.39 is 0 Å². The molecule has 0 unspecified atom stereocenters. The molecule has 3 aliphatic heterocycles. The van der Waals surface area contributed by atoms with E-state index in [9.17, 15) is 14.4 Å². The van der Waals surface area contributed by atoms with E-state index in [0.717, 1.165) is 70.6 Å². The molecule has 2 bridgehead atoms. The molecule has 5 rings (SSSR count). The molecule has 0 aliphatic carbocycles. The van der Waals surface area contributed by atoms with Crippen LogP contribution in [0, 0.1) is 0 Å². The zero-order valence-corrected chi connectivity index (χ0v) is 29.3. The van der Waals surface area contributed by atoms with E-state index in [1.807, 2.05) is 39.0 Å². The van der Waals surface area contributed by atoms with Gasteiger partial charge in [-0.2, -0.15) is 0 Å². The molecule has 4 heterocycles. The van der Waals surface area contributed by atoms with Gasteiger partial charge in [-0.15, -0.1) is 0 Å². The van der Waals surface area contributed by atoms with Gasteiger partial charge in [0.1, 0.15) is 18.8 Å². The number of para-hydroxylation sites is 2. The Morgan fingerprint density at radius 1 is 0.755 bits per heavy atom. The third-order valence-electron chi connectivity index (χ3n) is 9.60. The number of amides is 3. The van der Waals surface area contributed by atoms with Crippen molar-refractivity contribution in [3.63, 3.8) is 0 Å². The first-order valence-electron chi connectivity index (χ1n) is 17.7. The molecule has 49 heavy (non-hydrogen) atoms. The van der Waals surface area contributed by atoms with Gasteiger partial charge >= 0.3 is 0 Å². The fourth-order valence-electron chi connectivity index (χ4n) is 6.57. The number of nitrogens with zero attached hydrogens (tertiary/aromatic N) is 7. The molecule has 2 aromatic rings. The number of aromatic nitrogens is 1. The van der Waals surface area contributed by atoms with Gasteiger partial charge in [-0.05, 0) is 31.0 Å². The predicted molar refractivity (Wildman–Crippen MR) is 187 cm³/mol. The molecule has 0 saturated carbocycles. The number of hydrogen-bond acceptors (Lipinski definition) is 10. The lowest BCUT2D eigenvalue weighted by atomic mass is 10.1. The van der Waals surface area contributed by atoms with E-state index in [1.54, 1.807) is 37.6 Å². The first kappa shape index (κ1) is 36.5. The summed E-state index contributed by atoms with van der Waals surface area (Å²) in [5, 5.41) is 0. The highest BCUT2D eigenvalue weighted by atomic mass is 16.5. The Bertz CT molecular complexity index is 1360. The van der Waals surface area contributed by atoms with E-state index in [0.29, 0.717) is 69.5 Å². The quantitative estimate of drug-likeness (QED) is 0.371. The molecule has 2 saturated heterocycles. The SMILES string of the molecule is COCCN1CCN(C(=O)CN2CCCCCCOc3ccccc3N(CC(=O)N3CCN(CCOC)CC3)c3cncc(c3)C2=O)CC1. The van der Waals surface area contributed by atoms with Crippen molar-refractivity contribution in [3.05, 3.63) is 48.3 Å². The van der Waals surface area contributed by atoms with E-state index in [-0.39, 0.29) is 30.8 Å². The maximum absolute atomic E-state index is 14.1. The van der Waals surface area contributed by atoms with E-state index in [2.05, 4.69) is 14.8 Å². The van der Waals surface area contributed by atoms with Gasteiger partial charge in [0.15, 0.2) is 0 Å². The number of carbonyl (C=O) groups excluding carboxylic acids is 3. The highest BCUT2D eigenvalue weighted by Gasteiger charge is 2.28. The summed E-state index contributed by atoms with van der Waals surface area (Å²) < 4.78 is 16.7. The number of rotatable bonds is 10. The van der Waals surface area contributed by atoms with Crippen LogP contribution in [-0.2, 0) is 19.1 Å². The lowest BCUT2D eigenvalue weighted by Gasteiger charge is -2.36. The summed E-state index contributed by atoms with van der Waals surface area (Å²) in [6.45, 7) is 9.81. The standard InChI is InChI=1S/C36H53N7O6/c1-47-23-20-38-12-16-40(17-13-38)34(44)28-42-11-7-3-4-8-22-49-33-10-6-5-9-32(33)43(31-25-30(36(42)46)26-37-27-31)29-35(45)41-18-14-39(15-19-41)21-24-48-2/h5-6,9-10,25-27H,3-4,7-8,11-24,28-29H2,1-2H3. The van der Waals surface area contributed by atoms with Crippen LogP contribution in [0.4, 0.5) is 11.4 Å². The largest absolute Gasteiger partial charge is 0.491 e. The topological polar surface area (TPSA) is 111 Å². The summed E-state index contributed by atoms with van der Waals surface area (Å²) >= 11 is 0. The van der Waals surface area contributed by atoms with Crippen LogP contribution in [0.2, 0.25) is 0 Å². The molecule has 3 amide bonds. The van der Waals surface area contributed by atoms with Gasteiger partial charge in [-0.25, -0.2) is 0 Å². The van der Waals surface area contributed by atoms with Crippen molar-refractivity contribution >= 4 is 29.1 Å². The van der Waals surface area contributed by atoms with Crippen molar-refractivity contribution in [3.8, 4) is 5.75 Å². The van der Waals surface area contributed by atoms with Crippen LogP contribution in [0.25, 0.3) is 0 Å². The van der Waals surface area contributed by atoms with Crippen LogP contribution in [0.15, 0.2) is 42.7 Å². The Balaban J connectivity index is 1.35. The Hall–Kier alpha value is -3.78. The minimum Gasteiger partial charge on any atom is -0.491 e. The monoisotopic (exact) mass is 679 g/mol. The first-order chi connectivity index (χ1) is 24.0. The van der Waals surface area contributed by atoms with Crippen LogP contribution in [0.1, 0.15) is 36.0 Å². The number of fused-ring (bicyclic) bond motifs is 3. The van der Waals surface area contributed by atoms with Gasteiger partial charge in [0.25, 0.3) is 5.91 Å². The van der Waals surface area contributed by atoms with Crippen LogP contribution < -0.4 is 9.64 Å². The Morgan fingerprint density at radius 3 is 2.02 bits per heavy atom. The molecular weight excluding hydrogens is 626 g/mol. The van der Waals surface area contributed by atoms with Gasteiger partial charge in [-0.1, -0.05) is 25.0 Å². The van der Waals surface area contributed by atoms with Gasteiger partial charge in [0.05, 0.1) is 43.0 Å². The summed E-state index contributed by atoms with van der Waals surface area (Å²) in [4.78, 5) is 57.9. The minimum absolute atomic E-state index is 0.00891. The average molecular weight is 680 g/mol. The smallest absolute Gasteiger partial charge is 0.255 e. The van der Waals surface area contributed by atoms with Crippen LogP contribution in [0.3, 0.4) is 0 Å². The van der Waals surface area contributed by atoms with Crippen molar-refractivity contribution < 1.29 is 28.6 Å². The Kier molecular flexibility index (Phi) is 14.0. The number of carbonyl (C=O) groups is 3. The van der Waals surface area contributed by atoms with E-state index >= 15 is 0 Å². The molecule has 0 radical (unpaired) electrons. The van der Waals surface area contributed by atoms with Gasteiger partial charge in [0, 0.05) is 92.4 Å². The van der Waals surface area contributed by atoms with E-state index in [1.165, 1.54) is 0 Å². The molecule has 0 atom stereocenters. The van der Waals surface area contributed by atoms with Crippen molar-refractivity contribution in [2.24, 2.45) is 0 Å². The number of piperazine rings is 2. The second-order valence-corrected chi connectivity index (χ2v) is 12.9. The zero-order chi connectivity index (χ0) is 34.4. The van der Waals surface area contributed by atoms with Crippen LogP contribution in [0.5, 0.6) is 5.75 Å². The summed E-state index contributed by atoms with van der Waals surface area (Å²) in [5.41, 5.74) is 1.74. The molecular formula is C36H53N7O6. The van der Waals surface area contributed by atoms with Crippen LogP contribution >= 0.6 is 0 Å². The summed E-state index contributed by atoms with van der Waals surface area (Å²) in [7, 11) is 3.40. The third-order valence-corrected chi connectivity index (χ3v) is 9.60. The molecule has 268 valence electrons. The normalized spacial score (nSPS) is 18.8. The maximum atomic E-state index is 14.1. The molecule has 0 spiro atoms. The number of methoxy groups -OCH3 is 2. The summed E-state index contributed by atoms with van der Waals surface area (Å²) in [5.74, 6) is 0.393. The number of ether oxygens (including phenoxy) is 3. The molecule has 3 aliphatic rings. The molecule has 13 heteroatoms. The van der Waals surface area contributed by atoms with Gasteiger partial charge in [0.2, 0.25) is 11.8 Å². The van der Waals surface area contributed by atoms with Gasteiger partial charge < -0.3 is 33.8 Å². The molecule has 1 aromatic heterocycles. The highest BCUT2D eigenvalue weighted by molar-refractivity contribution is 5.97. The second kappa shape index (κ2) is 18.8. The fraction of sp³-hybridized carbons (Fsp3) is 0.611.